The maximum absolute atomic E-state index is 4.83. The summed E-state index contributed by atoms with van der Waals surface area (Å²) in [4.78, 5) is 6.72. The summed E-state index contributed by atoms with van der Waals surface area (Å²) in [5, 5.41) is 8.29. The van der Waals surface area contributed by atoms with Gasteiger partial charge in [-0.05, 0) is 44.3 Å². The van der Waals surface area contributed by atoms with Crippen LogP contribution in [0.3, 0.4) is 0 Å². The molecule has 0 aliphatic carbocycles. The van der Waals surface area contributed by atoms with E-state index in [9.17, 15) is 0 Å². The van der Waals surface area contributed by atoms with Crippen LogP contribution in [0.15, 0.2) is 24.8 Å². The van der Waals surface area contributed by atoms with Gasteiger partial charge in [-0.1, -0.05) is 0 Å². The molecule has 2 aliphatic heterocycles. The van der Waals surface area contributed by atoms with E-state index in [1.54, 1.807) is 0 Å². The van der Waals surface area contributed by atoms with Crippen LogP contribution in [0.25, 0.3) is 0 Å². The van der Waals surface area contributed by atoms with Crippen molar-refractivity contribution in [2.24, 2.45) is 5.92 Å². The van der Waals surface area contributed by atoms with Gasteiger partial charge >= 0.3 is 0 Å². The Morgan fingerprint density at radius 3 is 3.17 bits per heavy atom. The maximum atomic E-state index is 4.83. The van der Waals surface area contributed by atoms with E-state index in [1.807, 2.05) is 12.5 Å². The zero-order valence-electron chi connectivity index (χ0n) is 13.7. The van der Waals surface area contributed by atoms with E-state index in [-0.39, 0.29) is 0 Å². The molecule has 23 heavy (non-hydrogen) atoms. The summed E-state index contributed by atoms with van der Waals surface area (Å²) in [5.41, 5.74) is 2.57. The second-order valence-electron chi connectivity index (χ2n) is 6.88. The number of rotatable bonds is 4. The Kier molecular flexibility index (Phi) is 4.43. The van der Waals surface area contributed by atoms with Crippen molar-refractivity contribution in [2.45, 2.75) is 45.4 Å². The smallest absolute Gasteiger partial charge is 0.0946 e. The number of piperidine rings is 1. The van der Waals surface area contributed by atoms with Gasteiger partial charge in [-0.25, -0.2) is 4.98 Å². The molecule has 0 spiro atoms. The van der Waals surface area contributed by atoms with E-state index in [2.05, 4.69) is 36.7 Å². The van der Waals surface area contributed by atoms with Crippen molar-refractivity contribution in [1.82, 2.24) is 29.5 Å². The summed E-state index contributed by atoms with van der Waals surface area (Å²) in [7, 11) is 0. The number of nitrogens with one attached hydrogen (secondary N) is 1. The molecule has 0 saturated carbocycles. The van der Waals surface area contributed by atoms with E-state index in [0.29, 0.717) is 0 Å². The van der Waals surface area contributed by atoms with Gasteiger partial charge in [0.1, 0.15) is 0 Å². The van der Waals surface area contributed by atoms with Crippen molar-refractivity contribution >= 4 is 0 Å². The van der Waals surface area contributed by atoms with Crippen LogP contribution in [0.4, 0.5) is 0 Å². The largest absolute Gasteiger partial charge is 0.337 e. The normalized spacial score (nSPS) is 22.7. The van der Waals surface area contributed by atoms with E-state index < -0.39 is 0 Å². The SMILES string of the molecule is c1cn(CC2CCCN(Cc3cc4n(n3)CCCNC4)C2)cn1. The van der Waals surface area contributed by atoms with Crippen LogP contribution in [0.2, 0.25) is 0 Å². The van der Waals surface area contributed by atoms with Crippen molar-refractivity contribution in [3.63, 3.8) is 0 Å². The first-order chi connectivity index (χ1) is 11.4. The standard InChI is InChI=1S/C17H26N6/c1-3-15(12-22-8-5-19-14-22)11-21(6-1)13-16-9-17-10-18-4-2-7-23(17)20-16/h5,8-9,14-15,18H,1-4,6-7,10-13H2. The monoisotopic (exact) mass is 314 g/mol. The van der Waals surface area contributed by atoms with Gasteiger partial charge in [-0.3, -0.25) is 9.58 Å². The number of nitrogens with zero attached hydrogens (tertiary/aromatic N) is 5. The van der Waals surface area contributed by atoms with E-state index in [4.69, 9.17) is 5.10 Å². The van der Waals surface area contributed by atoms with Gasteiger partial charge in [0, 0.05) is 45.1 Å². The third kappa shape index (κ3) is 3.64. The highest BCUT2D eigenvalue weighted by molar-refractivity contribution is 5.11. The number of imidazole rings is 1. The summed E-state index contributed by atoms with van der Waals surface area (Å²) in [6.07, 6.45) is 9.64. The Morgan fingerprint density at radius 2 is 2.26 bits per heavy atom. The van der Waals surface area contributed by atoms with Gasteiger partial charge in [-0.15, -0.1) is 0 Å². The van der Waals surface area contributed by atoms with Gasteiger partial charge in [0.25, 0.3) is 0 Å². The second kappa shape index (κ2) is 6.84. The van der Waals surface area contributed by atoms with Gasteiger partial charge in [0.2, 0.25) is 0 Å². The predicted molar refractivity (Wildman–Crippen MR) is 88.8 cm³/mol. The minimum atomic E-state index is 0.722. The highest BCUT2D eigenvalue weighted by Crippen LogP contribution is 2.20. The Morgan fingerprint density at radius 1 is 1.26 bits per heavy atom. The summed E-state index contributed by atoms with van der Waals surface area (Å²) < 4.78 is 4.40. The Labute approximate surface area is 137 Å². The molecule has 2 aromatic heterocycles. The second-order valence-corrected chi connectivity index (χ2v) is 6.88. The van der Waals surface area contributed by atoms with Crippen LogP contribution in [-0.2, 0) is 26.2 Å². The molecule has 0 radical (unpaired) electrons. The van der Waals surface area contributed by atoms with E-state index in [0.717, 1.165) is 38.6 Å². The molecule has 1 N–H and O–H groups in total. The molecule has 0 amide bonds. The predicted octanol–water partition coefficient (Wildman–Crippen LogP) is 1.49. The third-order valence-electron chi connectivity index (χ3n) is 4.96. The number of fused-ring (bicyclic) bond motifs is 1. The molecular formula is C17H26N6. The lowest BCUT2D eigenvalue weighted by Gasteiger charge is -2.32. The van der Waals surface area contributed by atoms with Crippen LogP contribution >= 0.6 is 0 Å². The molecule has 0 bridgehead atoms. The van der Waals surface area contributed by atoms with Gasteiger partial charge in [0.15, 0.2) is 0 Å². The zero-order valence-corrected chi connectivity index (χ0v) is 13.7. The van der Waals surface area contributed by atoms with E-state index in [1.165, 1.54) is 43.7 Å². The van der Waals surface area contributed by atoms with Crippen molar-refractivity contribution in [3.05, 3.63) is 36.2 Å². The van der Waals surface area contributed by atoms with Crippen molar-refractivity contribution < 1.29 is 0 Å². The fourth-order valence-corrected chi connectivity index (χ4v) is 3.86. The van der Waals surface area contributed by atoms with Crippen LogP contribution in [0, 0.1) is 5.92 Å². The molecule has 2 aromatic rings. The first kappa shape index (κ1) is 14.9. The third-order valence-corrected chi connectivity index (χ3v) is 4.96. The molecule has 6 heteroatoms. The van der Waals surface area contributed by atoms with Crippen molar-refractivity contribution in [3.8, 4) is 0 Å². The Hall–Kier alpha value is -1.66. The summed E-state index contributed by atoms with van der Waals surface area (Å²) in [6, 6.07) is 2.29. The van der Waals surface area contributed by atoms with Crippen LogP contribution in [0.5, 0.6) is 0 Å². The Bertz CT molecular complexity index is 594. The summed E-state index contributed by atoms with van der Waals surface area (Å²) in [5.74, 6) is 0.722. The number of hydrogen-bond acceptors (Lipinski definition) is 4. The van der Waals surface area contributed by atoms with Crippen LogP contribution in [-0.4, -0.2) is 43.9 Å². The topological polar surface area (TPSA) is 50.9 Å². The van der Waals surface area contributed by atoms with Crippen LogP contribution < -0.4 is 5.32 Å². The summed E-state index contributed by atoms with van der Waals surface area (Å²) in [6.45, 7) is 7.53. The van der Waals surface area contributed by atoms with Crippen molar-refractivity contribution in [2.75, 3.05) is 19.6 Å². The minimum absolute atomic E-state index is 0.722. The van der Waals surface area contributed by atoms with Gasteiger partial charge in [0.05, 0.1) is 17.7 Å². The zero-order chi connectivity index (χ0) is 15.5. The molecule has 2 aliphatic rings. The fourth-order valence-electron chi connectivity index (χ4n) is 3.86. The number of likely N-dealkylation sites (tertiary alicyclic amines) is 1. The fraction of sp³-hybridized carbons (Fsp3) is 0.647. The lowest BCUT2D eigenvalue weighted by Crippen LogP contribution is -2.36. The number of aryl methyl sites for hydroxylation is 1. The first-order valence-electron chi connectivity index (χ1n) is 8.81. The molecule has 4 rings (SSSR count). The molecule has 1 unspecified atom stereocenters. The molecule has 1 saturated heterocycles. The molecule has 1 fully saturated rings. The molecule has 124 valence electrons. The highest BCUT2D eigenvalue weighted by Gasteiger charge is 2.21. The maximum Gasteiger partial charge on any atom is 0.0946 e. The quantitative estimate of drug-likeness (QED) is 0.929. The molecular weight excluding hydrogens is 288 g/mol. The Balaban J connectivity index is 1.36. The molecule has 6 nitrogen and oxygen atoms in total. The van der Waals surface area contributed by atoms with Crippen LogP contribution in [0.1, 0.15) is 30.7 Å². The lowest BCUT2D eigenvalue weighted by molar-refractivity contribution is 0.154. The number of aromatic nitrogens is 4. The minimum Gasteiger partial charge on any atom is -0.337 e. The van der Waals surface area contributed by atoms with E-state index >= 15 is 0 Å². The average Bonchev–Trinajstić information content (AvgIpc) is 3.13. The average molecular weight is 314 g/mol. The highest BCUT2D eigenvalue weighted by atomic mass is 15.3. The van der Waals surface area contributed by atoms with Gasteiger partial charge < -0.3 is 9.88 Å². The summed E-state index contributed by atoms with van der Waals surface area (Å²) >= 11 is 0. The number of hydrogen-bond donors (Lipinski definition) is 1. The molecule has 1 atom stereocenters. The van der Waals surface area contributed by atoms with Gasteiger partial charge in [-0.2, -0.15) is 5.10 Å². The molecule has 4 heterocycles. The lowest BCUT2D eigenvalue weighted by atomic mass is 9.98. The molecule has 0 aromatic carbocycles. The first-order valence-corrected chi connectivity index (χ1v) is 8.81. The van der Waals surface area contributed by atoms with Crippen molar-refractivity contribution in [1.29, 1.82) is 0 Å².